The molecule has 1 aromatic heterocycles. The lowest BCUT2D eigenvalue weighted by molar-refractivity contribution is 0.0862. The molecule has 0 aliphatic carbocycles. The van der Waals surface area contributed by atoms with Gasteiger partial charge in [0.15, 0.2) is 0 Å². The van der Waals surface area contributed by atoms with Crippen LogP contribution in [0.1, 0.15) is 10.4 Å². The molecule has 1 rings (SSSR count). The molecule has 5 heteroatoms. The van der Waals surface area contributed by atoms with Crippen molar-refractivity contribution >= 4 is 13.9 Å². The molecule has 0 aliphatic heterocycles. The third kappa shape index (κ3) is 1.78. The fourth-order valence-corrected chi connectivity index (χ4v) is 0.698. The zero-order valence-electron chi connectivity index (χ0n) is 6.19. The first-order valence-electron chi connectivity index (χ1n) is 3.14. The number of hydrazine groups is 1. The number of aromatic nitrogens is 1. The molecular formula is C6H8BN3O. The molecule has 1 aromatic rings. The molecule has 0 fully saturated rings. The van der Waals surface area contributed by atoms with E-state index >= 15 is 0 Å². The molecule has 1 amide bonds. The summed E-state index contributed by atoms with van der Waals surface area (Å²) < 4.78 is 0. The highest BCUT2D eigenvalue weighted by atomic mass is 16.2. The number of nitrogens with zero attached hydrogens (tertiary/aromatic N) is 2. The van der Waals surface area contributed by atoms with Crippen molar-refractivity contribution in [1.29, 1.82) is 0 Å². The number of pyridine rings is 1. The predicted octanol–water partition coefficient (Wildman–Crippen LogP) is -1.05. The topological polar surface area (TPSA) is 59.2 Å². The van der Waals surface area contributed by atoms with Gasteiger partial charge in [0.05, 0.1) is 0 Å². The molecule has 0 bridgehead atoms. The summed E-state index contributed by atoms with van der Waals surface area (Å²) >= 11 is 0. The van der Waals surface area contributed by atoms with Crippen molar-refractivity contribution in [2.45, 2.75) is 0 Å². The predicted molar refractivity (Wildman–Crippen MR) is 43.1 cm³/mol. The van der Waals surface area contributed by atoms with Crippen LogP contribution in [-0.4, -0.2) is 23.8 Å². The lowest BCUT2D eigenvalue weighted by Crippen LogP contribution is -2.34. The van der Waals surface area contributed by atoms with E-state index in [1.54, 1.807) is 24.5 Å². The second-order valence-electron chi connectivity index (χ2n) is 2.15. The summed E-state index contributed by atoms with van der Waals surface area (Å²) in [6.07, 6.45) is 3.10. The van der Waals surface area contributed by atoms with E-state index < -0.39 is 0 Å². The van der Waals surface area contributed by atoms with E-state index in [9.17, 15) is 4.79 Å². The Labute approximate surface area is 65.4 Å². The summed E-state index contributed by atoms with van der Waals surface area (Å²) in [5.74, 6) is 5.02. The molecule has 4 nitrogen and oxygen atoms in total. The summed E-state index contributed by atoms with van der Waals surface area (Å²) in [7, 11) is 1.50. The number of hydrogen-bond donors (Lipinski definition) is 1. The van der Waals surface area contributed by atoms with Gasteiger partial charge in [0.25, 0.3) is 5.91 Å². The Bertz CT molecular complexity index is 249. The van der Waals surface area contributed by atoms with E-state index in [0.717, 1.165) is 4.92 Å². The standard InChI is InChI=1S/C6H8BN3O/c7-10(8)6(11)5-1-3-9-4-2-5/h1-4H,7-8H2. The monoisotopic (exact) mass is 149 g/mol. The van der Waals surface area contributed by atoms with Gasteiger partial charge in [-0.25, -0.2) is 0 Å². The van der Waals surface area contributed by atoms with Crippen LogP contribution < -0.4 is 5.84 Å². The maximum absolute atomic E-state index is 11.1. The van der Waals surface area contributed by atoms with Gasteiger partial charge in [-0.3, -0.25) is 15.6 Å². The SMILES string of the molecule is BN(N)C(=O)c1ccncc1. The summed E-state index contributed by atoms with van der Waals surface area (Å²) in [4.78, 5) is 15.9. The third-order valence-electron chi connectivity index (χ3n) is 1.25. The first kappa shape index (κ1) is 7.75. The molecule has 0 spiro atoms. The first-order valence-corrected chi connectivity index (χ1v) is 3.14. The van der Waals surface area contributed by atoms with Crippen molar-refractivity contribution in [3.05, 3.63) is 30.1 Å². The largest absolute Gasteiger partial charge is 0.332 e. The van der Waals surface area contributed by atoms with E-state index in [1.807, 2.05) is 0 Å². The van der Waals surface area contributed by atoms with Gasteiger partial charge in [0, 0.05) is 18.0 Å². The third-order valence-corrected chi connectivity index (χ3v) is 1.25. The normalized spacial score (nSPS) is 9.18. The van der Waals surface area contributed by atoms with Crippen molar-refractivity contribution in [1.82, 2.24) is 9.90 Å². The summed E-state index contributed by atoms with van der Waals surface area (Å²) in [5, 5.41) is 0. The minimum Gasteiger partial charge on any atom is -0.332 e. The second kappa shape index (κ2) is 3.16. The lowest BCUT2D eigenvalue weighted by atomic mass is 10.2. The van der Waals surface area contributed by atoms with Crippen LogP contribution in [-0.2, 0) is 0 Å². The van der Waals surface area contributed by atoms with Crippen LogP contribution in [0, 0.1) is 0 Å². The van der Waals surface area contributed by atoms with E-state index in [2.05, 4.69) is 4.98 Å². The van der Waals surface area contributed by atoms with Crippen LogP contribution in [0.3, 0.4) is 0 Å². The van der Waals surface area contributed by atoms with Gasteiger partial charge in [-0.1, -0.05) is 0 Å². The number of hydrogen-bond acceptors (Lipinski definition) is 3. The van der Waals surface area contributed by atoms with Crippen molar-refractivity contribution in [3.8, 4) is 0 Å². The average Bonchev–Trinajstić information content (AvgIpc) is 2.05. The Morgan fingerprint density at radius 3 is 2.55 bits per heavy atom. The number of amides is 1. The number of carbonyl (C=O) groups is 1. The van der Waals surface area contributed by atoms with Crippen molar-refractivity contribution in [3.63, 3.8) is 0 Å². The molecule has 0 aliphatic rings. The Morgan fingerprint density at radius 2 is 2.09 bits per heavy atom. The average molecular weight is 149 g/mol. The molecule has 11 heavy (non-hydrogen) atoms. The molecule has 56 valence electrons. The van der Waals surface area contributed by atoms with Crippen LogP contribution in [0.2, 0.25) is 0 Å². The maximum atomic E-state index is 11.1. The van der Waals surface area contributed by atoms with Crippen molar-refractivity contribution in [2.75, 3.05) is 0 Å². The molecular weight excluding hydrogens is 141 g/mol. The van der Waals surface area contributed by atoms with Crippen LogP contribution in [0.4, 0.5) is 0 Å². The molecule has 0 unspecified atom stereocenters. The van der Waals surface area contributed by atoms with Crippen molar-refractivity contribution < 1.29 is 4.79 Å². The van der Waals surface area contributed by atoms with Crippen LogP contribution in [0.25, 0.3) is 0 Å². The van der Waals surface area contributed by atoms with E-state index in [4.69, 9.17) is 5.84 Å². The summed E-state index contributed by atoms with van der Waals surface area (Å²) in [5.41, 5.74) is 0.546. The molecule has 2 N–H and O–H groups in total. The summed E-state index contributed by atoms with van der Waals surface area (Å²) in [6.45, 7) is 0. The molecule has 0 saturated heterocycles. The molecule has 0 radical (unpaired) electrons. The van der Waals surface area contributed by atoms with Gasteiger partial charge in [0.2, 0.25) is 7.98 Å². The zero-order valence-corrected chi connectivity index (χ0v) is 6.19. The number of nitrogens with two attached hydrogens (primary N) is 1. The number of carbonyl (C=O) groups excluding carboxylic acids is 1. The smallest absolute Gasteiger partial charge is 0.254 e. The second-order valence-corrected chi connectivity index (χ2v) is 2.15. The highest BCUT2D eigenvalue weighted by Crippen LogP contribution is 1.97. The Hall–Kier alpha value is -1.36. The minimum absolute atomic E-state index is 0.215. The van der Waals surface area contributed by atoms with Crippen molar-refractivity contribution in [2.24, 2.45) is 5.84 Å². The molecule has 0 atom stereocenters. The molecule has 0 saturated carbocycles. The van der Waals surface area contributed by atoms with Crippen LogP contribution >= 0.6 is 0 Å². The molecule has 0 aromatic carbocycles. The maximum Gasteiger partial charge on any atom is 0.254 e. The minimum atomic E-state index is -0.215. The highest BCUT2D eigenvalue weighted by molar-refractivity contribution is 6.17. The fraction of sp³-hybridized carbons (Fsp3) is 0. The molecule has 1 heterocycles. The first-order chi connectivity index (χ1) is 5.22. The lowest BCUT2D eigenvalue weighted by Gasteiger charge is -2.09. The Balaban J connectivity index is 2.86. The quantitative estimate of drug-likeness (QED) is 0.240. The van der Waals surface area contributed by atoms with Gasteiger partial charge in [-0.2, -0.15) is 0 Å². The van der Waals surface area contributed by atoms with E-state index in [0.29, 0.717) is 5.56 Å². The summed E-state index contributed by atoms with van der Waals surface area (Å²) in [6, 6.07) is 3.23. The van der Waals surface area contributed by atoms with Gasteiger partial charge in [-0.15, -0.1) is 0 Å². The Kier molecular flexibility index (Phi) is 2.23. The van der Waals surface area contributed by atoms with E-state index in [-0.39, 0.29) is 5.91 Å². The van der Waals surface area contributed by atoms with Gasteiger partial charge >= 0.3 is 0 Å². The van der Waals surface area contributed by atoms with E-state index in [1.165, 1.54) is 7.98 Å². The van der Waals surface area contributed by atoms with Crippen LogP contribution in [0.5, 0.6) is 0 Å². The van der Waals surface area contributed by atoms with Gasteiger partial charge in [-0.05, 0) is 12.1 Å². The Morgan fingerprint density at radius 1 is 1.55 bits per heavy atom. The van der Waals surface area contributed by atoms with Gasteiger partial charge < -0.3 is 4.92 Å². The zero-order chi connectivity index (χ0) is 8.27. The highest BCUT2D eigenvalue weighted by Gasteiger charge is 2.05. The number of rotatable bonds is 1. The van der Waals surface area contributed by atoms with Gasteiger partial charge in [0.1, 0.15) is 0 Å². The fourth-order valence-electron chi connectivity index (χ4n) is 0.698. The van der Waals surface area contributed by atoms with Crippen LogP contribution in [0.15, 0.2) is 24.5 Å².